The molecule has 1 aromatic heterocycles. The van der Waals surface area contributed by atoms with Crippen LogP contribution in [0.1, 0.15) is 25.7 Å². The molecule has 0 radical (unpaired) electrons. The number of nitrogens with zero attached hydrogens (tertiary/aromatic N) is 3. The number of ether oxygens (including phenoxy) is 1. The zero-order valence-corrected chi connectivity index (χ0v) is 16.6. The minimum atomic E-state index is 0.0360. The van der Waals surface area contributed by atoms with E-state index in [1.807, 2.05) is 32.7 Å². The van der Waals surface area contributed by atoms with Gasteiger partial charge in [-0.2, -0.15) is 0 Å². The van der Waals surface area contributed by atoms with Crippen LogP contribution >= 0.6 is 0 Å². The van der Waals surface area contributed by atoms with Crippen LogP contribution in [0.5, 0.6) is 0 Å². The summed E-state index contributed by atoms with van der Waals surface area (Å²) in [6.07, 6.45) is 5.54. The van der Waals surface area contributed by atoms with Crippen LogP contribution < -0.4 is 0 Å². The maximum atomic E-state index is 13.1. The number of amides is 2. The fourth-order valence-corrected chi connectivity index (χ4v) is 4.79. The number of likely N-dealkylation sites (tertiary alicyclic amines) is 2. The molecule has 4 rings (SSSR count). The summed E-state index contributed by atoms with van der Waals surface area (Å²) in [7, 11) is 1.66. The van der Waals surface area contributed by atoms with Crippen molar-refractivity contribution in [2.45, 2.75) is 32.2 Å². The molecule has 1 spiro atoms. The van der Waals surface area contributed by atoms with Crippen molar-refractivity contribution in [1.82, 2.24) is 14.4 Å². The molecular weight excluding hydrogens is 354 g/mol. The molecule has 0 saturated carbocycles. The minimum absolute atomic E-state index is 0.0360. The van der Waals surface area contributed by atoms with Gasteiger partial charge in [-0.05, 0) is 36.8 Å². The summed E-state index contributed by atoms with van der Waals surface area (Å²) in [5.74, 6) is 0.380. The molecule has 0 bridgehead atoms. The average Bonchev–Trinajstić information content (AvgIpc) is 3.12. The maximum Gasteiger partial charge on any atom is 0.242 e. The minimum Gasteiger partial charge on any atom is -0.383 e. The first-order valence-electron chi connectivity index (χ1n) is 10.2. The van der Waals surface area contributed by atoms with Gasteiger partial charge < -0.3 is 19.1 Å². The lowest BCUT2D eigenvalue weighted by Gasteiger charge is -2.48. The van der Waals surface area contributed by atoms with Gasteiger partial charge in [-0.15, -0.1) is 0 Å². The third-order valence-corrected chi connectivity index (χ3v) is 6.31. The number of carbonyl (C=O) groups excluding carboxylic acids is 2. The second kappa shape index (κ2) is 7.95. The van der Waals surface area contributed by atoms with Crippen LogP contribution in [-0.4, -0.2) is 66.1 Å². The fourth-order valence-electron chi connectivity index (χ4n) is 4.79. The molecule has 28 heavy (non-hydrogen) atoms. The van der Waals surface area contributed by atoms with Gasteiger partial charge in [0.15, 0.2) is 0 Å². The lowest BCUT2D eigenvalue weighted by atomic mass is 9.73. The number of para-hydroxylation sites is 1. The molecule has 0 aliphatic carbocycles. The summed E-state index contributed by atoms with van der Waals surface area (Å²) in [5, 5.41) is 1.16. The summed E-state index contributed by atoms with van der Waals surface area (Å²) < 4.78 is 7.20. The van der Waals surface area contributed by atoms with Crippen molar-refractivity contribution >= 4 is 22.7 Å². The molecule has 1 atom stereocenters. The number of carbonyl (C=O) groups is 2. The number of rotatable bonds is 5. The van der Waals surface area contributed by atoms with Crippen LogP contribution in [0.2, 0.25) is 0 Å². The first kappa shape index (κ1) is 19.0. The van der Waals surface area contributed by atoms with Gasteiger partial charge in [-0.1, -0.05) is 18.2 Å². The highest BCUT2D eigenvalue weighted by Gasteiger charge is 2.42. The van der Waals surface area contributed by atoms with Crippen LogP contribution in [0.15, 0.2) is 36.5 Å². The molecule has 0 N–H and O–H groups in total. The molecule has 150 valence electrons. The van der Waals surface area contributed by atoms with Crippen molar-refractivity contribution in [3.8, 4) is 0 Å². The monoisotopic (exact) mass is 383 g/mol. The highest BCUT2D eigenvalue weighted by Crippen LogP contribution is 2.39. The predicted molar refractivity (Wildman–Crippen MR) is 108 cm³/mol. The Labute approximate surface area is 166 Å². The lowest BCUT2D eigenvalue weighted by Crippen LogP contribution is -2.55. The Bertz CT molecular complexity index is 862. The first-order valence-corrected chi connectivity index (χ1v) is 10.2. The number of piperidine rings is 2. The zero-order chi connectivity index (χ0) is 19.6. The van der Waals surface area contributed by atoms with Gasteiger partial charge >= 0.3 is 0 Å². The molecule has 2 fully saturated rings. The highest BCUT2D eigenvalue weighted by molar-refractivity contribution is 5.83. The van der Waals surface area contributed by atoms with Gasteiger partial charge in [0.1, 0.15) is 6.54 Å². The smallest absolute Gasteiger partial charge is 0.242 e. The Balaban J connectivity index is 1.44. The van der Waals surface area contributed by atoms with Crippen LogP contribution in [-0.2, 0) is 20.9 Å². The van der Waals surface area contributed by atoms with Gasteiger partial charge in [-0.25, -0.2) is 0 Å². The maximum absolute atomic E-state index is 13.1. The zero-order valence-electron chi connectivity index (χ0n) is 16.6. The van der Waals surface area contributed by atoms with Crippen LogP contribution in [0.4, 0.5) is 0 Å². The summed E-state index contributed by atoms with van der Waals surface area (Å²) in [6, 6.07) is 10.2. The quantitative estimate of drug-likeness (QED) is 0.797. The number of hydrogen-bond acceptors (Lipinski definition) is 3. The van der Waals surface area contributed by atoms with Crippen LogP contribution in [0.25, 0.3) is 10.9 Å². The standard InChI is InChI=1S/C22H29N3O3/c1-28-14-13-25-17-22(10-7-20(25)26)9-4-11-24(16-22)21(27)15-23-12-8-18-5-2-3-6-19(18)23/h2-3,5-6,8,12H,4,7,9-11,13-17H2,1H3/t22-/m0/s1. The second-order valence-electron chi connectivity index (χ2n) is 8.23. The Morgan fingerprint density at radius 1 is 1.18 bits per heavy atom. The van der Waals surface area contributed by atoms with E-state index in [1.165, 1.54) is 0 Å². The molecule has 2 aliphatic rings. The molecule has 2 saturated heterocycles. The normalized spacial score (nSPS) is 23.0. The van der Waals surface area contributed by atoms with E-state index in [0.717, 1.165) is 49.8 Å². The van der Waals surface area contributed by atoms with Crippen molar-refractivity contribution in [3.63, 3.8) is 0 Å². The summed E-state index contributed by atoms with van der Waals surface area (Å²) in [5.41, 5.74) is 1.13. The van der Waals surface area contributed by atoms with Crippen molar-refractivity contribution in [2.75, 3.05) is 39.9 Å². The van der Waals surface area contributed by atoms with E-state index in [1.54, 1.807) is 7.11 Å². The van der Waals surface area contributed by atoms with Crippen molar-refractivity contribution in [1.29, 1.82) is 0 Å². The summed E-state index contributed by atoms with van der Waals surface area (Å²) >= 11 is 0. The van der Waals surface area contributed by atoms with E-state index in [0.29, 0.717) is 26.1 Å². The Morgan fingerprint density at radius 2 is 2.04 bits per heavy atom. The Morgan fingerprint density at radius 3 is 2.89 bits per heavy atom. The van der Waals surface area contributed by atoms with Crippen molar-refractivity contribution < 1.29 is 14.3 Å². The van der Waals surface area contributed by atoms with E-state index in [9.17, 15) is 9.59 Å². The number of benzene rings is 1. The van der Waals surface area contributed by atoms with E-state index in [2.05, 4.69) is 18.2 Å². The van der Waals surface area contributed by atoms with E-state index < -0.39 is 0 Å². The molecule has 2 amide bonds. The van der Waals surface area contributed by atoms with E-state index in [-0.39, 0.29) is 17.2 Å². The molecule has 6 nitrogen and oxygen atoms in total. The molecule has 2 aliphatic heterocycles. The predicted octanol–water partition coefficient (Wildman–Crippen LogP) is 2.52. The van der Waals surface area contributed by atoms with E-state index >= 15 is 0 Å². The molecule has 0 unspecified atom stereocenters. The van der Waals surface area contributed by atoms with Crippen LogP contribution in [0.3, 0.4) is 0 Å². The van der Waals surface area contributed by atoms with Crippen LogP contribution in [0, 0.1) is 5.41 Å². The molecular formula is C22H29N3O3. The van der Waals surface area contributed by atoms with Gasteiger partial charge in [0.05, 0.1) is 6.61 Å². The number of fused-ring (bicyclic) bond motifs is 1. The topological polar surface area (TPSA) is 54.8 Å². The van der Waals surface area contributed by atoms with Gasteiger partial charge in [0, 0.05) is 56.8 Å². The number of hydrogen-bond donors (Lipinski definition) is 0. The fraction of sp³-hybridized carbons (Fsp3) is 0.545. The molecule has 6 heteroatoms. The largest absolute Gasteiger partial charge is 0.383 e. The SMILES string of the molecule is COCCN1C[C@@]2(CCCN(C(=O)Cn3ccc4ccccc43)C2)CCC1=O. The van der Waals surface area contributed by atoms with Gasteiger partial charge in [-0.3, -0.25) is 9.59 Å². The Hall–Kier alpha value is -2.34. The van der Waals surface area contributed by atoms with Gasteiger partial charge in [0.25, 0.3) is 0 Å². The van der Waals surface area contributed by atoms with Crippen molar-refractivity contribution in [3.05, 3.63) is 36.5 Å². The van der Waals surface area contributed by atoms with Crippen molar-refractivity contribution in [2.24, 2.45) is 5.41 Å². The summed E-state index contributed by atoms with van der Waals surface area (Å²) in [4.78, 5) is 29.3. The lowest BCUT2D eigenvalue weighted by molar-refractivity contribution is -0.143. The average molecular weight is 383 g/mol. The Kier molecular flexibility index (Phi) is 5.40. The third kappa shape index (κ3) is 3.78. The van der Waals surface area contributed by atoms with Gasteiger partial charge in [0.2, 0.25) is 11.8 Å². The molecule has 1 aromatic carbocycles. The molecule has 3 heterocycles. The molecule has 2 aromatic rings. The summed E-state index contributed by atoms with van der Waals surface area (Å²) in [6.45, 7) is 3.88. The second-order valence-corrected chi connectivity index (χ2v) is 8.23. The number of aromatic nitrogens is 1. The third-order valence-electron chi connectivity index (χ3n) is 6.31. The van der Waals surface area contributed by atoms with E-state index in [4.69, 9.17) is 4.74 Å². The number of methoxy groups -OCH3 is 1. The first-order chi connectivity index (χ1) is 13.6. The highest BCUT2D eigenvalue weighted by atomic mass is 16.5.